The number of fused-ring (bicyclic) bond motifs is 9. The molecule has 0 aliphatic carbocycles. The summed E-state index contributed by atoms with van der Waals surface area (Å²) in [6, 6.07) is 96.2. The molecule has 0 atom stereocenters. The topological polar surface area (TPSA) is 22.9 Å². The van der Waals surface area contributed by atoms with Gasteiger partial charge in [0.15, 0.2) is 8.07 Å². The highest BCUT2D eigenvalue weighted by molar-refractivity contribution is 7.33. The highest BCUT2D eigenvalue weighted by Crippen LogP contribution is 2.50. The summed E-state index contributed by atoms with van der Waals surface area (Å²) in [5.41, 5.74) is 21.0. The molecule has 7 heteroatoms. The Labute approximate surface area is 568 Å². The van der Waals surface area contributed by atoms with Crippen LogP contribution in [0.3, 0.4) is 0 Å². The summed E-state index contributed by atoms with van der Waals surface area (Å²) in [6.07, 6.45) is 0. The van der Waals surface area contributed by atoms with Crippen molar-refractivity contribution in [2.45, 2.75) is 131 Å². The van der Waals surface area contributed by atoms with Gasteiger partial charge < -0.3 is 19.1 Å². The SMILES string of the molecule is CC(C)(C)c1ccc(N(c2ccc(C(C)(C)C)cc2)c2ccc3c(c2)N(c2ccc(C(C)(C)C)cc2)c2cc([Si](c4ccccc4)(c4ccccc4)c4cccc5c4oc4ccccc45)cc4c2B3c2sc3ccc(C(C)(C)C)cc3c2N4c2ccc(C(C)(C)C)cc2)cc1. The molecule has 4 heterocycles. The Morgan fingerprint density at radius 1 is 0.368 bits per heavy atom. The second kappa shape index (κ2) is 22.5. The van der Waals surface area contributed by atoms with Gasteiger partial charge >= 0.3 is 0 Å². The van der Waals surface area contributed by atoms with Crippen molar-refractivity contribution in [2.24, 2.45) is 0 Å². The average molecular weight is 1270 g/mol. The van der Waals surface area contributed by atoms with E-state index < -0.39 is 8.07 Å². The largest absolute Gasteiger partial charge is 0.456 e. The standard InChI is InChI=1S/C88H86BN3OSSi/c1-84(2,3)57-33-42-62(43-34-57)90(63-44-35-58(36-45-63)85(4,5)6)66-50-51-73-74(54-66)91(64-46-37-59(38-47-64)86(7,8)9)75-55-69(95(67-25-18-16-19-26-67,68-27-20-17-21-28-68)79-32-24-30-71-70-29-22-23-31-77(70)93-82(71)79)56-76-80(75)89(73)83-81(72-53-61(88(13,14)15)41-52-78(72)94-83)92(76)65-48-39-60(40-49-65)87(10,11)12/h16-56H,1-15H3. The fourth-order valence-electron chi connectivity index (χ4n) is 15.1. The lowest BCUT2D eigenvalue weighted by Crippen LogP contribution is -2.75. The Bertz CT molecular complexity index is 4980. The summed E-state index contributed by atoms with van der Waals surface area (Å²) >= 11 is 1.97. The molecule has 0 saturated carbocycles. The van der Waals surface area contributed by atoms with Crippen molar-refractivity contribution >= 4 is 146 Å². The maximum absolute atomic E-state index is 7.34. The molecule has 2 aromatic heterocycles. The third-order valence-corrected chi connectivity index (χ3v) is 26.4. The molecule has 0 fully saturated rings. The molecule has 472 valence electrons. The molecule has 0 saturated heterocycles. The van der Waals surface area contributed by atoms with Crippen LogP contribution in [0.25, 0.3) is 32.0 Å². The number of hydrogen-bond donors (Lipinski definition) is 0. The fraction of sp³-hybridized carbons (Fsp3) is 0.227. The molecule has 0 amide bonds. The Balaban J connectivity index is 1.11. The molecule has 4 nitrogen and oxygen atoms in total. The van der Waals surface area contributed by atoms with E-state index in [2.05, 4.69) is 367 Å². The second-order valence-corrected chi connectivity index (χ2v) is 36.7. The second-order valence-electron chi connectivity index (χ2n) is 31.8. The molecule has 15 rings (SSSR count). The number of anilines is 9. The van der Waals surface area contributed by atoms with Crippen LogP contribution in [-0.2, 0) is 27.1 Å². The Morgan fingerprint density at radius 2 is 0.821 bits per heavy atom. The predicted octanol–water partition coefficient (Wildman–Crippen LogP) is 20.2. The average Bonchev–Trinajstić information content (AvgIpc) is 1.66. The first-order valence-corrected chi connectivity index (χ1v) is 36.8. The fourth-order valence-corrected chi connectivity index (χ4v) is 21.3. The van der Waals surface area contributed by atoms with Crippen LogP contribution in [-0.4, -0.2) is 14.8 Å². The van der Waals surface area contributed by atoms with Crippen molar-refractivity contribution in [1.82, 2.24) is 0 Å². The summed E-state index contributed by atoms with van der Waals surface area (Å²) in [5, 5.41) is 8.56. The molecule has 11 aromatic carbocycles. The van der Waals surface area contributed by atoms with Crippen LogP contribution in [0, 0.1) is 0 Å². The lowest BCUT2D eigenvalue weighted by Gasteiger charge is -2.45. The molecule has 0 spiro atoms. The minimum Gasteiger partial charge on any atom is -0.456 e. The number of furan rings is 1. The number of benzene rings is 11. The van der Waals surface area contributed by atoms with E-state index in [1.165, 1.54) is 91.4 Å². The summed E-state index contributed by atoms with van der Waals surface area (Å²) in [6.45, 7) is 34.6. The summed E-state index contributed by atoms with van der Waals surface area (Å²) in [5.74, 6) is 0. The van der Waals surface area contributed by atoms with Crippen molar-refractivity contribution in [1.29, 1.82) is 0 Å². The molecule has 95 heavy (non-hydrogen) atoms. The Hall–Kier alpha value is -9.14. The predicted molar refractivity (Wildman–Crippen MR) is 415 cm³/mol. The third kappa shape index (κ3) is 10.5. The normalized spacial score (nSPS) is 13.6. The first kappa shape index (κ1) is 62.0. The van der Waals surface area contributed by atoms with Crippen molar-refractivity contribution in [3.8, 4) is 0 Å². The van der Waals surface area contributed by atoms with Crippen molar-refractivity contribution in [3.63, 3.8) is 0 Å². The number of hydrogen-bond acceptors (Lipinski definition) is 5. The first-order valence-electron chi connectivity index (χ1n) is 34.0. The molecular formula is C88H86BN3OSSi. The molecule has 2 aliphatic heterocycles. The van der Waals surface area contributed by atoms with E-state index in [1.54, 1.807) is 0 Å². The van der Waals surface area contributed by atoms with Gasteiger partial charge in [-0.25, -0.2) is 0 Å². The zero-order valence-corrected chi connectivity index (χ0v) is 59.7. The van der Waals surface area contributed by atoms with Crippen LogP contribution >= 0.6 is 11.3 Å². The zero-order chi connectivity index (χ0) is 66.3. The van der Waals surface area contributed by atoms with Gasteiger partial charge in [-0.2, -0.15) is 0 Å². The maximum Gasteiger partial charge on any atom is 0.264 e. The lowest BCUT2D eigenvalue weighted by atomic mass is 9.36. The van der Waals surface area contributed by atoms with Gasteiger partial charge in [-0.15, -0.1) is 11.3 Å². The summed E-state index contributed by atoms with van der Waals surface area (Å²) < 4.78 is 9.97. The van der Waals surface area contributed by atoms with Gasteiger partial charge in [-0.05, 0) is 178 Å². The molecule has 0 radical (unpaired) electrons. The maximum atomic E-state index is 7.34. The van der Waals surface area contributed by atoms with Gasteiger partial charge in [0.05, 0.1) is 5.69 Å². The van der Waals surface area contributed by atoms with Gasteiger partial charge in [-0.3, -0.25) is 0 Å². The van der Waals surface area contributed by atoms with E-state index in [0.717, 1.165) is 56.1 Å². The number of para-hydroxylation sites is 2. The van der Waals surface area contributed by atoms with Gasteiger partial charge in [0.25, 0.3) is 6.71 Å². The highest BCUT2D eigenvalue weighted by Gasteiger charge is 2.50. The van der Waals surface area contributed by atoms with Crippen LogP contribution in [0.1, 0.15) is 132 Å². The minimum absolute atomic E-state index is 0.0110. The lowest BCUT2D eigenvalue weighted by molar-refractivity contribution is 0.590. The van der Waals surface area contributed by atoms with Crippen LogP contribution in [0.4, 0.5) is 51.2 Å². The Kier molecular flexibility index (Phi) is 14.7. The molecule has 0 unspecified atom stereocenters. The Morgan fingerprint density at radius 3 is 1.35 bits per heavy atom. The van der Waals surface area contributed by atoms with Crippen LogP contribution in [0.15, 0.2) is 253 Å². The third-order valence-electron chi connectivity index (χ3n) is 20.4. The van der Waals surface area contributed by atoms with Crippen molar-refractivity contribution in [3.05, 3.63) is 277 Å². The quantitative estimate of drug-likeness (QED) is 0.106. The smallest absolute Gasteiger partial charge is 0.264 e. The van der Waals surface area contributed by atoms with E-state index in [-0.39, 0.29) is 33.8 Å². The van der Waals surface area contributed by atoms with Crippen LogP contribution in [0.2, 0.25) is 0 Å². The molecule has 0 bridgehead atoms. The molecule has 2 aliphatic rings. The minimum atomic E-state index is -3.52. The van der Waals surface area contributed by atoms with E-state index in [0.29, 0.717) is 0 Å². The van der Waals surface area contributed by atoms with Crippen LogP contribution < -0.4 is 51.1 Å². The van der Waals surface area contributed by atoms with E-state index in [4.69, 9.17) is 4.42 Å². The van der Waals surface area contributed by atoms with Gasteiger partial charge in [0.2, 0.25) is 0 Å². The van der Waals surface area contributed by atoms with Crippen LogP contribution in [0.5, 0.6) is 0 Å². The van der Waals surface area contributed by atoms with Gasteiger partial charge in [-0.1, -0.05) is 262 Å². The molecule has 0 N–H and O–H groups in total. The molecule has 13 aromatic rings. The number of rotatable bonds is 9. The van der Waals surface area contributed by atoms with Gasteiger partial charge in [0.1, 0.15) is 11.2 Å². The zero-order valence-electron chi connectivity index (χ0n) is 57.9. The number of thiophene rings is 1. The first-order chi connectivity index (χ1) is 45.3. The van der Waals surface area contributed by atoms with Crippen molar-refractivity contribution in [2.75, 3.05) is 14.7 Å². The van der Waals surface area contributed by atoms with E-state index in [9.17, 15) is 0 Å². The summed E-state index contributed by atoms with van der Waals surface area (Å²) in [4.78, 5) is 7.83. The summed E-state index contributed by atoms with van der Waals surface area (Å²) in [7, 11) is -3.52. The number of nitrogens with zero attached hydrogens (tertiary/aromatic N) is 3. The van der Waals surface area contributed by atoms with Crippen molar-refractivity contribution < 1.29 is 4.42 Å². The highest BCUT2D eigenvalue weighted by atomic mass is 32.1. The molecular weight excluding hydrogens is 1190 g/mol. The monoisotopic (exact) mass is 1270 g/mol. The van der Waals surface area contributed by atoms with E-state index in [1.807, 2.05) is 11.3 Å². The van der Waals surface area contributed by atoms with Gasteiger partial charge in [0, 0.05) is 71.1 Å². The van der Waals surface area contributed by atoms with E-state index >= 15 is 0 Å².